The van der Waals surface area contributed by atoms with Crippen LogP contribution in [0.2, 0.25) is 5.02 Å². The molecule has 3 aromatic rings. The Balaban J connectivity index is 1.64. The van der Waals surface area contributed by atoms with Crippen LogP contribution in [0.5, 0.6) is 5.75 Å². The lowest BCUT2D eigenvalue weighted by molar-refractivity contribution is -0.113. The van der Waals surface area contributed by atoms with E-state index < -0.39 is 0 Å². The van der Waals surface area contributed by atoms with Crippen LogP contribution in [0.4, 0.5) is 5.69 Å². The number of amides is 1. The van der Waals surface area contributed by atoms with Crippen molar-refractivity contribution in [1.82, 2.24) is 0 Å². The molecule has 0 saturated heterocycles. The maximum absolute atomic E-state index is 13.3. The lowest BCUT2D eigenvalue weighted by Gasteiger charge is -2.18. The summed E-state index contributed by atoms with van der Waals surface area (Å²) in [7, 11) is 1.63. The van der Waals surface area contributed by atoms with E-state index in [1.165, 1.54) is 11.8 Å². The Bertz CT molecular complexity index is 1140. The molecule has 0 radical (unpaired) electrons. The van der Waals surface area contributed by atoms with Crippen LogP contribution in [0.1, 0.15) is 16.7 Å². The second-order valence-corrected chi connectivity index (χ2v) is 8.47. The van der Waals surface area contributed by atoms with Gasteiger partial charge in [-0.3, -0.25) is 9.69 Å². The molecule has 0 spiro atoms. The van der Waals surface area contributed by atoms with E-state index in [9.17, 15) is 4.79 Å². The number of benzene rings is 3. The molecule has 0 bridgehead atoms. The molecule has 31 heavy (non-hydrogen) atoms. The summed E-state index contributed by atoms with van der Waals surface area (Å²) in [6.45, 7) is 2.02. The van der Waals surface area contributed by atoms with Gasteiger partial charge >= 0.3 is 0 Å². The molecule has 0 aliphatic carbocycles. The van der Waals surface area contributed by atoms with Crippen LogP contribution in [-0.2, 0) is 10.5 Å². The van der Waals surface area contributed by atoms with Crippen molar-refractivity contribution in [2.75, 3.05) is 12.0 Å². The van der Waals surface area contributed by atoms with Gasteiger partial charge in [-0.05, 0) is 60.5 Å². The molecule has 1 aliphatic rings. The summed E-state index contributed by atoms with van der Waals surface area (Å²) >= 11 is 7.52. The summed E-state index contributed by atoms with van der Waals surface area (Å²) < 4.78 is 5.21. The molecule has 1 heterocycles. The van der Waals surface area contributed by atoms with Gasteiger partial charge < -0.3 is 4.74 Å². The quantitative estimate of drug-likeness (QED) is 0.428. The number of nitrogens with zero attached hydrogens (tertiary/aromatic N) is 2. The third-order valence-corrected chi connectivity index (χ3v) is 6.08. The van der Waals surface area contributed by atoms with Gasteiger partial charge in [-0.15, -0.1) is 0 Å². The van der Waals surface area contributed by atoms with Crippen molar-refractivity contribution in [1.29, 1.82) is 0 Å². The maximum atomic E-state index is 13.3. The summed E-state index contributed by atoms with van der Waals surface area (Å²) in [5, 5.41) is 1.36. The Morgan fingerprint density at radius 3 is 2.32 bits per heavy atom. The lowest BCUT2D eigenvalue weighted by atomic mass is 10.1. The molecule has 156 valence electrons. The molecule has 6 heteroatoms. The number of amidine groups is 1. The van der Waals surface area contributed by atoms with Crippen molar-refractivity contribution in [3.05, 3.63) is 100 Å². The standard InChI is InChI=1S/C25H21ClN2O2S/c1-17-3-11-21(12-4-17)28-24(29)23(15-18-7-13-22(30-2)14-8-18)27-25(28)31-16-19-5-9-20(26)10-6-19/h3-15H,16H2,1-2H3/b23-15-. The summed E-state index contributed by atoms with van der Waals surface area (Å²) in [6, 6.07) is 23.1. The first kappa shape index (κ1) is 21.2. The molecular formula is C25H21ClN2O2S. The zero-order chi connectivity index (χ0) is 21.8. The van der Waals surface area contributed by atoms with Crippen molar-refractivity contribution in [3.63, 3.8) is 0 Å². The normalized spacial score (nSPS) is 14.8. The monoisotopic (exact) mass is 448 g/mol. The zero-order valence-corrected chi connectivity index (χ0v) is 18.8. The number of carbonyl (C=O) groups excluding carboxylic acids is 1. The Labute approximate surface area is 191 Å². The second-order valence-electron chi connectivity index (χ2n) is 7.09. The minimum Gasteiger partial charge on any atom is -0.497 e. The van der Waals surface area contributed by atoms with E-state index in [-0.39, 0.29) is 5.91 Å². The van der Waals surface area contributed by atoms with Crippen LogP contribution in [0, 0.1) is 6.92 Å². The van der Waals surface area contributed by atoms with Crippen LogP contribution < -0.4 is 9.64 Å². The molecule has 3 aromatic carbocycles. The van der Waals surface area contributed by atoms with E-state index in [0.717, 1.165) is 28.1 Å². The maximum Gasteiger partial charge on any atom is 0.283 e. The second kappa shape index (κ2) is 9.41. The smallest absolute Gasteiger partial charge is 0.283 e. The average molecular weight is 449 g/mol. The number of hydrogen-bond donors (Lipinski definition) is 0. The molecule has 1 aliphatic heterocycles. The molecule has 0 aromatic heterocycles. The third kappa shape index (κ3) is 5.01. The van der Waals surface area contributed by atoms with E-state index >= 15 is 0 Å². The van der Waals surface area contributed by atoms with Crippen molar-refractivity contribution in [2.24, 2.45) is 4.99 Å². The van der Waals surface area contributed by atoms with Gasteiger partial charge in [0.15, 0.2) is 5.17 Å². The van der Waals surface area contributed by atoms with E-state index in [1.54, 1.807) is 18.1 Å². The Kier molecular flexibility index (Phi) is 6.44. The highest BCUT2D eigenvalue weighted by Gasteiger charge is 2.31. The number of aliphatic imine (C=N–C) groups is 1. The number of methoxy groups -OCH3 is 1. The van der Waals surface area contributed by atoms with Gasteiger partial charge in [0.05, 0.1) is 12.8 Å². The van der Waals surface area contributed by atoms with Crippen molar-refractivity contribution in [2.45, 2.75) is 12.7 Å². The Hall–Kier alpha value is -3.02. The molecule has 0 saturated carbocycles. The summed E-state index contributed by atoms with van der Waals surface area (Å²) in [5.74, 6) is 1.31. The van der Waals surface area contributed by atoms with Crippen LogP contribution in [-0.4, -0.2) is 18.2 Å². The van der Waals surface area contributed by atoms with Crippen molar-refractivity contribution < 1.29 is 9.53 Å². The largest absolute Gasteiger partial charge is 0.497 e. The van der Waals surface area contributed by atoms with Crippen LogP contribution in [0.25, 0.3) is 6.08 Å². The molecular weight excluding hydrogens is 428 g/mol. The van der Waals surface area contributed by atoms with E-state index in [4.69, 9.17) is 16.3 Å². The SMILES string of the molecule is COc1ccc(/C=C2\N=C(SCc3ccc(Cl)cc3)N(c3ccc(C)cc3)C2=O)cc1. The van der Waals surface area contributed by atoms with Gasteiger partial charge in [-0.2, -0.15) is 0 Å². The number of rotatable bonds is 5. The first-order valence-corrected chi connectivity index (χ1v) is 11.1. The molecule has 0 N–H and O–H groups in total. The topological polar surface area (TPSA) is 41.9 Å². The number of aryl methyl sites for hydroxylation is 1. The summed E-state index contributed by atoms with van der Waals surface area (Å²) in [5.41, 5.74) is 4.35. The van der Waals surface area contributed by atoms with Gasteiger partial charge in [-0.1, -0.05) is 65.3 Å². The van der Waals surface area contributed by atoms with Gasteiger partial charge in [0.25, 0.3) is 5.91 Å². The fourth-order valence-corrected chi connectivity index (χ4v) is 4.20. The molecule has 0 unspecified atom stereocenters. The average Bonchev–Trinajstić information content (AvgIpc) is 3.09. The number of halogens is 1. The Morgan fingerprint density at radius 1 is 1.00 bits per heavy atom. The number of ether oxygens (including phenoxy) is 1. The number of anilines is 1. The third-order valence-electron chi connectivity index (χ3n) is 4.82. The molecule has 1 amide bonds. The highest BCUT2D eigenvalue weighted by Crippen LogP contribution is 2.31. The van der Waals surface area contributed by atoms with Gasteiger partial charge in [0.2, 0.25) is 0 Å². The molecule has 0 atom stereocenters. The van der Waals surface area contributed by atoms with Crippen molar-refractivity contribution in [3.8, 4) is 5.75 Å². The Morgan fingerprint density at radius 2 is 1.68 bits per heavy atom. The minimum atomic E-state index is -0.140. The minimum absolute atomic E-state index is 0.140. The van der Waals surface area contributed by atoms with E-state index in [2.05, 4.69) is 4.99 Å². The fourth-order valence-electron chi connectivity index (χ4n) is 3.10. The predicted octanol–water partition coefficient (Wildman–Crippen LogP) is 6.33. The highest BCUT2D eigenvalue weighted by atomic mass is 35.5. The first-order valence-electron chi connectivity index (χ1n) is 9.76. The summed E-state index contributed by atoms with van der Waals surface area (Å²) in [6.07, 6.45) is 1.80. The van der Waals surface area contributed by atoms with Gasteiger partial charge in [-0.25, -0.2) is 4.99 Å². The fraction of sp³-hybridized carbons (Fsp3) is 0.120. The molecule has 4 nitrogen and oxygen atoms in total. The van der Waals surface area contributed by atoms with E-state index in [0.29, 0.717) is 21.6 Å². The van der Waals surface area contributed by atoms with Crippen LogP contribution in [0.15, 0.2) is 83.5 Å². The zero-order valence-electron chi connectivity index (χ0n) is 17.2. The van der Waals surface area contributed by atoms with Crippen LogP contribution >= 0.6 is 23.4 Å². The molecule has 0 fully saturated rings. The van der Waals surface area contributed by atoms with Gasteiger partial charge in [0, 0.05) is 10.8 Å². The lowest BCUT2D eigenvalue weighted by Crippen LogP contribution is -2.30. The van der Waals surface area contributed by atoms with Crippen LogP contribution in [0.3, 0.4) is 0 Å². The first-order chi connectivity index (χ1) is 15.0. The summed E-state index contributed by atoms with van der Waals surface area (Å²) in [4.78, 5) is 19.6. The molecule has 4 rings (SSSR count). The van der Waals surface area contributed by atoms with Gasteiger partial charge in [0.1, 0.15) is 11.4 Å². The number of thioether (sulfide) groups is 1. The number of carbonyl (C=O) groups is 1. The van der Waals surface area contributed by atoms with Crippen molar-refractivity contribution >= 4 is 46.2 Å². The number of hydrogen-bond acceptors (Lipinski definition) is 4. The van der Waals surface area contributed by atoms with E-state index in [1.807, 2.05) is 79.7 Å². The predicted molar refractivity (Wildman–Crippen MR) is 130 cm³/mol. The highest BCUT2D eigenvalue weighted by molar-refractivity contribution is 8.13.